The lowest BCUT2D eigenvalue weighted by Gasteiger charge is -2.28. The van der Waals surface area contributed by atoms with E-state index < -0.39 is 12.0 Å². The first-order valence-corrected chi connectivity index (χ1v) is 7.11. The summed E-state index contributed by atoms with van der Waals surface area (Å²) in [5, 5.41) is 10.9. The van der Waals surface area contributed by atoms with Crippen molar-refractivity contribution >= 4 is 5.91 Å². The highest BCUT2D eigenvalue weighted by molar-refractivity contribution is 5.76. The van der Waals surface area contributed by atoms with E-state index in [0.29, 0.717) is 6.54 Å². The van der Waals surface area contributed by atoms with E-state index in [0.717, 1.165) is 10.3 Å². The fourth-order valence-electron chi connectivity index (χ4n) is 2.57. The highest BCUT2D eigenvalue weighted by atomic mass is 19.4. The molecule has 23 heavy (non-hydrogen) atoms. The van der Waals surface area contributed by atoms with Crippen molar-refractivity contribution in [3.63, 3.8) is 0 Å². The summed E-state index contributed by atoms with van der Waals surface area (Å²) in [6.45, 7) is 2.63. The van der Waals surface area contributed by atoms with E-state index in [2.05, 4.69) is 15.3 Å². The first kappa shape index (κ1) is 15.5. The van der Waals surface area contributed by atoms with Crippen LogP contribution in [-0.4, -0.2) is 41.9 Å². The molecule has 0 aromatic carbocycles. The van der Waals surface area contributed by atoms with Crippen molar-refractivity contribution in [1.82, 2.24) is 29.4 Å². The molecule has 1 aliphatic heterocycles. The Bertz CT molecular complexity index is 720. The molecular formula is C13H15F3N6O. The number of carbonyl (C=O) groups excluding carboxylic acids is 1. The Labute approximate surface area is 129 Å². The molecule has 3 heterocycles. The Morgan fingerprint density at radius 3 is 2.74 bits per heavy atom. The second-order valence-electron chi connectivity index (χ2n) is 5.35. The number of aryl methyl sites for hydroxylation is 2. The lowest BCUT2D eigenvalue weighted by molar-refractivity contribution is -0.148. The highest BCUT2D eigenvalue weighted by Gasteiger charge is 2.39. The van der Waals surface area contributed by atoms with Gasteiger partial charge in [0.05, 0.1) is 6.54 Å². The maximum absolute atomic E-state index is 12.8. The second kappa shape index (κ2) is 5.67. The summed E-state index contributed by atoms with van der Waals surface area (Å²) in [5.41, 5.74) is 0.950. The van der Waals surface area contributed by atoms with Crippen LogP contribution in [-0.2, 0) is 30.6 Å². The van der Waals surface area contributed by atoms with Gasteiger partial charge in [-0.3, -0.25) is 9.48 Å². The number of fused-ring (bicyclic) bond motifs is 1. The van der Waals surface area contributed by atoms with Crippen molar-refractivity contribution in [3.8, 4) is 0 Å². The number of rotatable bonds is 3. The molecule has 0 spiro atoms. The van der Waals surface area contributed by atoms with Gasteiger partial charge in [0.15, 0.2) is 5.82 Å². The van der Waals surface area contributed by atoms with Crippen molar-refractivity contribution in [2.45, 2.75) is 39.2 Å². The number of amides is 1. The van der Waals surface area contributed by atoms with Gasteiger partial charge in [0.25, 0.3) is 0 Å². The normalized spacial score (nSPS) is 14.9. The van der Waals surface area contributed by atoms with Gasteiger partial charge in [0.1, 0.15) is 0 Å². The largest absolute Gasteiger partial charge is 0.451 e. The van der Waals surface area contributed by atoms with Gasteiger partial charge in [0.2, 0.25) is 11.7 Å². The third-order valence-corrected chi connectivity index (χ3v) is 3.83. The van der Waals surface area contributed by atoms with E-state index in [1.165, 1.54) is 4.90 Å². The van der Waals surface area contributed by atoms with Crippen LogP contribution >= 0.6 is 0 Å². The van der Waals surface area contributed by atoms with Crippen LogP contribution < -0.4 is 0 Å². The van der Waals surface area contributed by atoms with Crippen LogP contribution in [0.1, 0.15) is 23.8 Å². The highest BCUT2D eigenvalue weighted by Crippen LogP contribution is 2.29. The Balaban J connectivity index is 1.64. The molecule has 0 unspecified atom stereocenters. The average molecular weight is 328 g/mol. The number of nitrogens with zero attached hydrogens (tertiary/aromatic N) is 6. The summed E-state index contributed by atoms with van der Waals surface area (Å²) < 4.78 is 41.0. The first-order valence-electron chi connectivity index (χ1n) is 7.11. The Hall–Kier alpha value is -2.39. The maximum Gasteiger partial charge on any atom is 0.451 e. The molecule has 2 aromatic rings. The van der Waals surface area contributed by atoms with Crippen LogP contribution in [0.2, 0.25) is 0 Å². The van der Waals surface area contributed by atoms with E-state index in [1.54, 1.807) is 10.9 Å². The Morgan fingerprint density at radius 1 is 1.30 bits per heavy atom. The van der Waals surface area contributed by atoms with Gasteiger partial charge in [-0.15, -0.1) is 10.2 Å². The van der Waals surface area contributed by atoms with Gasteiger partial charge in [-0.05, 0) is 13.0 Å². The molecule has 2 aromatic heterocycles. The average Bonchev–Trinajstić information content (AvgIpc) is 3.09. The van der Waals surface area contributed by atoms with Crippen molar-refractivity contribution in [3.05, 3.63) is 29.6 Å². The van der Waals surface area contributed by atoms with Gasteiger partial charge in [-0.2, -0.15) is 18.3 Å². The van der Waals surface area contributed by atoms with Crippen molar-refractivity contribution in [1.29, 1.82) is 0 Å². The number of aromatic nitrogens is 5. The predicted octanol–water partition coefficient (Wildman–Crippen LogP) is 1.23. The minimum atomic E-state index is -4.53. The summed E-state index contributed by atoms with van der Waals surface area (Å²) in [7, 11) is 0. The summed E-state index contributed by atoms with van der Waals surface area (Å²) >= 11 is 0. The van der Waals surface area contributed by atoms with E-state index in [4.69, 9.17) is 0 Å². The summed E-state index contributed by atoms with van der Waals surface area (Å²) in [5.74, 6) is -0.985. The van der Waals surface area contributed by atoms with E-state index in [-0.39, 0.29) is 37.8 Å². The molecule has 10 heteroatoms. The van der Waals surface area contributed by atoms with Gasteiger partial charge >= 0.3 is 6.18 Å². The molecule has 3 rings (SSSR count). The van der Waals surface area contributed by atoms with Gasteiger partial charge in [-0.25, -0.2) is 0 Å². The lowest BCUT2D eigenvalue weighted by atomic mass is 10.3. The van der Waals surface area contributed by atoms with E-state index >= 15 is 0 Å². The molecule has 1 amide bonds. The lowest BCUT2D eigenvalue weighted by Crippen LogP contribution is -2.39. The first-order chi connectivity index (χ1) is 10.9. The maximum atomic E-state index is 12.8. The SMILES string of the molecule is Cc1ccnn1CCC(=O)N1CCn2c(nnc2C(F)(F)F)C1. The van der Waals surface area contributed by atoms with Crippen LogP contribution in [0.4, 0.5) is 13.2 Å². The van der Waals surface area contributed by atoms with Crippen LogP contribution in [0.15, 0.2) is 12.3 Å². The molecule has 0 N–H and O–H groups in total. The molecule has 0 fully saturated rings. The molecule has 1 aliphatic rings. The Morgan fingerprint density at radius 2 is 2.09 bits per heavy atom. The van der Waals surface area contributed by atoms with E-state index in [1.807, 2.05) is 13.0 Å². The molecular weight excluding hydrogens is 313 g/mol. The molecule has 124 valence electrons. The monoisotopic (exact) mass is 328 g/mol. The number of hydrogen-bond acceptors (Lipinski definition) is 4. The topological polar surface area (TPSA) is 68.8 Å². The molecule has 0 radical (unpaired) electrons. The molecule has 7 nitrogen and oxygen atoms in total. The summed E-state index contributed by atoms with van der Waals surface area (Å²) in [4.78, 5) is 13.7. The zero-order valence-corrected chi connectivity index (χ0v) is 12.4. The molecule has 0 aliphatic carbocycles. The fourth-order valence-corrected chi connectivity index (χ4v) is 2.57. The molecule has 0 saturated heterocycles. The predicted molar refractivity (Wildman–Crippen MR) is 72.0 cm³/mol. The number of hydrogen-bond donors (Lipinski definition) is 0. The third-order valence-electron chi connectivity index (χ3n) is 3.83. The second-order valence-corrected chi connectivity index (χ2v) is 5.35. The smallest absolute Gasteiger partial charge is 0.333 e. The van der Waals surface area contributed by atoms with Crippen LogP contribution in [0.25, 0.3) is 0 Å². The molecule has 0 bridgehead atoms. The summed E-state index contributed by atoms with van der Waals surface area (Å²) in [6, 6.07) is 1.84. The molecule has 0 atom stereocenters. The zero-order chi connectivity index (χ0) is 16.6. The number of alkyl halides is 3. The minimum absolute atomic E-state index is 0.0417. The van der Waals surface area contributed by atoms with Crippen LogP contribution in [0.3, 0.4) is 0 Å². The minimum Gasteiger partial charge on any atom is -0.333 e. The van der Waals surface area contributed by atoms with Crippen molar-refractivity contribution in [2.75, 3.05) is 6.54 Å². The number of halogens is 3. The standard InChI is InChI=1S/C13H15F3N6O/c1-9-2-4-17-22(9)5-3-11(23)20-6-7-21-10(8-20)18-19-12(21)13(14,15)16/h2,4H,3,5-8H2,1H3. The van der Waals surface area contributed by atoms with Crippen LogP contribution in [0.5, 0.6) is 0 Å². The quantitative estimate of drug-likeness (QED) is 0.850. The van der Waals surface area contributed by atoms with Crippen molar-refractivity contribution < 1.29 is 18.0 Å². The van der Waals surface area contributed by atoms with Crippen molar-refractivity contribution in [2.24, 2.45) is 0 Å². The molecule has 0 saturated carbocycles. The Kier molecular flexibility index (Phi) is 3.82. The van der Waals surface area contributed by atoms with Gasteiger partial charge in [0, 0.05) is 37.9 Å². The van der Waals surface area contributed by atoms with Crippen LogP contribution in [0, 0.1) is 6.92 Å². The van der Waals surface area contributed by atoms with E-state index in [9.17, 15) is 18.0 Å². The number of carbonyl (C=O) groups is 1. The zero-order valence-electron chi connectivity index (χ0n) is 12.4. The fraction of sp³-hybridized carbons (Fsp3) is 0.538. The summed E-state index contributed by atoms with van der Waals surface area (Å²) in [6.07, 6.45) is -2.64. The third kappa shape index (κ3) is 3.06. The van der Waals surface area contributed by atoms with Gasteiger partial charge in [-0.1, -0.05) is 0 Å². The van der Waals surface area contributed by atoms with Gasteiger partial charge < -0.3 is 9.47 Å².